The number of nitrogens with zero attached hydrogens (tertiary/aromatic N) is 5. The van der Waals surface area contributed by atoms with Gasteiger partial charge in [0.2, 0.25) is 0 Å². The van der Waals surface area contributed by atoms with Crippen molar-refractivity contribution < 1.29 is 26.3 Å². The van der Waals surface area contributed by atoms with E-state index in [4.69, 9.17) is 9.97 Å². The minimum Gasteiger partial charge on any atom is -0.309 e. The number of aromatic nitrogens is 5. The summed E-state index contributed by atoms with van der Waals surface area (Å²) in [6.07, 6.45) is -9.57. The number of halogens is 6. The lowest BCUT2D eigenvalue weighted by Crippen LogP contribution is -2.05. The molecule has 4 heterocycles. The van der Waals surface area contributed by atoms with Crippen LogP contribution in [0.25, 0.3) is 139 Å². The van der Waals surface area contributed by atoms with Crippen molar-refractivity contribution in [2.75, 3.05) is 0 Å². The lowest BCUT2D eigenvalue weighted by molar-refractivity contribution is -0.138. The molecular weight excluding hydrogens is 1050 g/mol. The molecule has 0 radical (unpaired) electrons. The number of para-hydroxylation sites is 4. The van der Waals surface area contributed by atoms with E-state index < -0.39 is 23.5 Å². The summed E-state index contributed by atoms with van der Waals surface area (Å²) in [5, 5.41) is 4.42. The van der Waals surface area contributed by atoms with Crippen molar-refractivity contribution in [3.8, 4) is 73.2 Å². The van der Waals surface area contributed by atoms with Crippen LogP contribution in [0.15, 0.2) is 261 Å². The molecule has 0 saturated heterocycles. The molecule has 11 heteroatoms. The summed E-state index contributed by atoms with van der Waals surface area (Å²) >= 11 is 0. The fourth-order valence-electron chi connectivity index (χ4n) is 12.1. The van der Waals surface area contributed by atoms with Crippen molar-refractivity contribution in [3.05, 3.63) is 272 Å². The molecule has 0 fully saturated rings. The van der Waals surface area contributed by atoms with Crippen molar-refractivity contribution in [2.45, 2.75) is 12.4 Å². The highest BCUT2D eigenvalue weighted by atomic mass is 19.4. The third kappa shape index (κ3) is 8.33. The van der Waals surface area contributed by atoms with Crippen LogP contribution in [0.1, 0.15) is 11.1 Å². The molecule has 15 rings (SSSR count). The first kappa shape index (κ1) is 49.5. The van der Waals surface area contributed by atoms with Gasteiger partial charge in [0.1, 0.15) is 0 Å². The Morgan fingerprint density at radius 3 is 1.01 bits per heavy atom. The quantitative estimate of drug-likeness (QED) is 0.142. The van der Waals surface area contributed by atoms with Crippen molar-refractivity contribution in [1.82, 2.24) is 23.7 Å². The molecular formula is C72H43F6N5. The molecule has 0 unspecified atom stereocenters. The Balaban J connectivity index is 1.05. The van der Waals surface area contributed by atoms with E-state index in [1.807, 2.05) is 180 Å². The van der Waals surface area contributed by atoms with Gasteiger partial charge in [-0.1, -0.05) is 158 Å². The average Bonchev–Trinajstić information content (AvgIpc) is 2.95. The number of benzene rings is 11. The number of rotatable bonds is 8. The van der Waals surface area contributed by atoms with E-state index in [0.29, 0.717) is 39.6 Å². The average molecular weight is 1090 g/mol. The van der Waals surface area contributed by atoms with Gasteiger partial charge in [-0.25, -0.2) is 9.97 Å². The van der Waals surface area contributed by atoms with E-state index in [0.717, 1.165) is 102 Å². The molecule has 0 bridgehead atoms. The smallest absolute Gasteiger partial charge is 0.309 e. The fourth-order valence-corrected chi connectivity index (χ4v) is 12.1. The molecule has 0 aliphatic heterocycles. The van der Waals surface area contributed by atoms with Crippen molar-refractivity contribution in [1.29, 1.82) is 0 Å². The Hall–Kier alpha value is -10.5. The van der Waals surface area contributed by atoms with Gasteiger partial charge in [-0.05, 0) is 114 Å². The molecule has 0 atom stereocenters. The Kier molecular flexibility index (Phi) is 11.4. The van der Waals surface area contributed by atoms with Gasteiger partial charge >= 0.3 is 12.4 Å². The second-order valence-corrected chi connectivity index (χ2v) is 20.7. The summed E-state index contributed by atoms with van der Waals surface area (Å²) in [6, 6.07) is 81.5. The maximum atomic E-state index is 14.8. The van der Waals surface area contributed by atoms with Crippen molar-refractivity contribution >= 4 is 65.4 Å². The molecule has 4 aromatic heterocycles. The zero-order valence-electron chi connectivity index (χ0n) is 43.8. The molecule has 0 N–H and O–H groups in total. The van der Waals surface area contributed by atoms with Crippen LogP contribution in [-0.4, -0.2) is 23.7 Å². The predicted molar refractivity (Wildman–Crippen MR) is 322 cm³/mol. The van der Waals surface area contributed by atoms with Gasteiger partial charge in [0.05, 0.1) is 61.3 Å². The van der Waals surface area contributed by atoms with E-state index in [9.17, 15) is 26.3 Å². The van der Waals surface area contributed by atoms with Crippen LogP contribution in [0, 0.1) is 0 Å². The predicted octanol–water partition coefficient (Wildman–Crippen LogP) is 20.1. The minimum atomic E-state index is -4.78. The SMILES string of the molecule is FC(F)(F)c1ccc2c(c1)c1cc(C(F)(F)F)ccc1n2-c1c(-c2ccc(-n3c4ccccc4c4ccccc43)cc2)cc(-c2cc(-c3ccccc3)nc(-c3ccccc3)n2)cc1-c1ccc(-n2c3ccccc3c3ccccc32)cc1. The van der Waals surface area contributed by atoms with Crippen LogP contribution in [0.3, 0.4) is 0 Å². The molecule has 5 nitrogen and oxygen atoms in total. The van der Waals surface area contributed by atoms with Crippen LogP contribution in [0.4, 0.5) is 26.3 Å². The van der Waals surface area contributed by atoms with Gasteiger partial charge in [-0.15, -0.1) is 0 Å². The van der Waals surface area contributed by atoms with Crippen molar-refractivity contribution in [3.63, 3.8) is 0 Å². The van der Waals surface area contributed by atoms with Gasteiger partial charge in [0, 0.05) is 71.5 Å². The van der Waals surface area contributed by atoms with Gasteiger partial charge < -0.3 is 13.7 Å². The molecule has 0 saturated carbocycles. The van der Waals surface area contributed by atoms with Gasteiger partial charge in [0.15, 0.2) is 5.82 Å². The topological polar surface area (TPSA) is 40.6 Å². The first-order valence-electron chi connectivity index (χ1n) is 27.0. The highest BCUT2D eigenvalue weighted by Gasteiger charge is 2.34. The van der Waals surface area contributed by atoms with E-state index >= 15 is 0 Å². The van der Waals surface area contributed by atoms with Gasteiger partial charge in [-0.2, -0.15) is 26.3 Å². The number of hydrogen-bond acceptors (Lipinski definition) is 2. The normalized spacial score (nSPS) is 12.2. The zero-order chi connectivity index (χ0) is 56.1. The standard InChI is InChI=1S/C72H43F6N5/c73-71(74,75)49-31-37-67-59(41-49)60-42-50(72(76,77)78)32-38-68(60)83(67)69-57(44-27-33-51(34-28-44)81-63-23-11-7-19-53(63)54-20-8-12-24-64(54)81)39-48(62-43-61(46-15-3-1-4-16-46)79-70(80-62)47-17-5-2-6-18-47)40-58(69)45-29-35-52(36-30-45)82-65-25-13-9-21-55(65)56-22-10-14-26-66(56)82/h1-43H. The molecule has 15 aromatic rings. The van der Waals surface area contributed by atoms with E-state index in [1.165, 1.54) is 12.1 Å². The van der Waals surface area contributed by atoms with Crippen LogP contribution < -0.4 is 0 Å². The van der Waals surface area contributed by atoms with E-state index in [2.05, 4.69) is 57.7 Å². The molecule has 83 heavy (non-hydrogen) atoms. The maximum Gasteiger partial charge on any atom is 0.416 e. The lowest BCUT2D eigenvalue weighted by atomic mass is 9.91. The third-order valence-electron chi connectivity index (χ3n) is 15.9. The largest absolute Gasteiger partial charge is 0.416 e. The highest BCUT2D eigenvalue weighted by molar-refractivity contribution is 6.13. The summed E-state index contributed by atoms with van der Waals surface area (Å²) < 4.78 is 94.9. The van der Waals surface area contributed by atoms with E-state index in [1.54, 1.807) is 0 Å². The van der Waals surface area contributed by atoms with Gasteiger partial charge in [-0.3, -0.25) is 0 Å². The molecule has 398 valence electrons. The maximum absolute atomic E-state index is 14.8. The first-order valence-corrected chi connectivity index (χ1v) is 27.0. The lowest BCUT2D eigenvalue weighted by Gasteiger charge is -2.22. The summed E-state index contributed by atoms with van der Waals surface area (Å²) in [5.74, 6) is 0.489. The summed E-state index contributed by atoms with van der Waals surface area (Å²) in [4.78, 5) is 10.4. The van der Waals surface area contributed by atoms with Gasteiger partial charge in [0.25, 0.3) is 0 Å². The molecule has 0 amide bonds. The van der Waals surface area contributed by atoms with Crippen molar-refractivity contribution in [2.24, 2.45) is 0 Å². The highest BCUT2D eigenvalue weighted by Crippen LogP contribution is 2.47. The molecule has 0 aliphatic carbocycles. The van der Waals surface area contributed by atoms with E-state index in [-0.39, 0.29) is 21.8 Å². The third-order valence-corrected chi connectivity index (χ3v) is 15.9. The fraction of sp³-hybridized carbons (Fsp3) is 0.0278. The first-order chi connectivity index (χ1) is 40.4. The van der Waals surface area contributed by atoms with Crippen LogP contribution in [0.5, 0.6) is 0 Å². The second kappa shape index (κ2) is 19.1. The minimum absolute atomic E-state index is 0.0149. The second-order valence-electron chi connectivity index (χ2n) is 20.7. The molecule has 11 aromatic carbocycles. The summed E-state index contributed by atoms with van der Waals surface area (Å²) in [5.41, 5.74) is 11.3. The van der Waals surface area contributed by atoms with Crippen LogP contribution >= 0.6 is 0 Å². The Morgan fingerprint density at radius 2 is 0.614 bits per heavy atom. The number of alkyl halides is 6. The monoisotopic (exact) mass is 1090 g/mol. The zero-order valence-corrected chi connectivity index (χ0v) is 43.8. The summed E-state index contributed by atoms with van der Waals surface area (Å²) in [6.45, 7) is 0. The van der Waals surface area contributed by atoms with Crippen LogP contribution in [-0.2, 0) is 12.4 Å². The Morgan fingerprint density at radius 1 is 0.265 bits per heavy atom. The number of hydrogen-bond donors (Lipinski definition) is 0. The van der Waals surface area contributed by atoms with Crippen LogP contribution in [0.2, 0.25) is 0 Å². The number of fused-ring (bicyclic) bond motifs is 9. The molecule has 0 aliphatic rings. The summed E-state index contributed by atoms with van der Waals surface area (Å²) in [7, 11) is 0. The molecule has 0 spiro atoms. The Labute approximate surface area is 470 Å². The Bertz CT molecular complexity index is 4620.